The number of hydrogen-bond donors (Lipinski definition) is 1. The Morgan fingerprint density at radius 3 is 2.38 bits per heavy atom. The Balaban J connectivity index is 1.29. The van der Waals surface area contributed by atoms with Crippen LogP contribution in [0.4, 0.5) is 0 Å². The molecular formula is C20H30N2O2. The van der Waals surface area contributed by atoms with Gasteiger partial charge in [-0.05, 0) is 56.4 Å². The largest absolute Gasteiger partial charge is 0.472 e. The van der Waals surface area contributed by atoms with Gasteiger partial charge in [-0.15, -0.1) is 0 Å². The van der Waals surface area contributed by atoms with Crippen LogP contribution in [0, 0.1) is 11.8 Å². The van der Waals surface area contributed by atoms with Crippen molar-refractivity contribution in [2.45, 2.75) is 69.9 Å². The lowest BCUT2D eigenvalue weighted by Crippen LogP contribution is -2.50. The van der Waals surface area contributed by atoms with Crippen LogP contribution < -0.4 is 5.32 Å². The number of nitrogens with one attached hydrogen (secondary N) is 1. The number of furan rings is 1. The SMILES string of the molecule is O=C(c1ccoc1)N1CCC(N[C@@H](C2CCCCC2)C2CC2)CC1. The fourth-order valence-corrected chi connectivity index (χ4v) is 4.70. The van der Waals surface area contributed by atoms with Gasteiger partial charge in [0.1, 0.15) is 6.26 Å². The fraction of sp³-hybridized carbons (Fsp3) is 0.750. The third-order valence-corrected chi connectivity index (χ3v) is 6.27. The summed E-state index contributed by atoms with van der Waals surface area (Å²) in [5.41, 5.74) is 0.680. The zero-order chi connectivity index (χ0) is 16.4. The van der Waals surface area contributed by atoms with Crippen molar-refractivity contribution in [2.24, 2.45) is 11.8 Å². The molecule has 0 spiro atoms. The highest BCUT2D eigenvalue weighted by molar-refractivity contribution is 5.93. The number of nitrogens with zero attached hydrogens (tertiary/aromatic N) is 1. The molecule has 0 aromatic carbocycles. The maximum atomic E-state index is 12.4. The van der Waals surface area contributed by atoms with Crippen molar-refractivity contribution in [3.63, 3.8) is 0 Å². The van der Waals surface area contributed by atoms with E-state index in [2.05, 4.69) is 5.32 Å². The molecule has 1 atom stereocenters. The van der Waals surface area contributed by atoms with E-state index < -0.39 is 0 Å². The first kappa shape index (κ1) is 16.2. The second kappa shape index (κ2) is 7.30. The first-order chi connectivity index (χ1) is 11.8. The number of hydrogen-bond acceptors (Lipinski definition) is 3. The van der Waals surface area contributed by atoms with E-state index in [1.807, 2.05) is 4.90 Å². The Labute approximate surface area is 145 Å². The van der Waals surface area contributed by atoms with Crippen LogP contribution in [0.3, 0.4) is 0 Å². The first-order valence-corrected chi connectivity index (χ1v) is 9.89. The Hall–Kier alpha value is -1.29. The molecule has 1 N–H and O–H groups in total. The zero-order valence-electron chi connectivity index (χ0n) is 14.6. The summed E-state index contributed by atoms with van der Waals surface area (Å²) >= 11 is 0. The minimum atomic E-state index is 0.119. The second-order valence-corrected chi connectivity index (χ2v) is 8.01. The molecule has 2 heterocycles. The van der Waals surface area contributed by atoms with Crippen molar-refractivity contribution in [3.8, 4) is 0 Å². The van der Waals surface area contributed by atoms with Crippen LogP contribution >= 0.6 is 0 Å². The topological polar surface area (TPSA) is 45.5 Å². The fourth-order valence-electron chi connectivity index (χ4n) is 4.70. The van der Waals surface area contributed by atoms with E-state index in [4.69, 9.17) is 4.42 Å². The van der Waals surface area contributed by atoms with Gasteiger partial charge in [0.05, 0.1) is 11.8 Å². The molecule has 1 aromatic rings. The summed E-state index contributed by atoms with van der Waals surface area (Å²) in [4.78, 5) is 14.4. The molecular weight excluding hydrogens is 300 g/mol. The molecule has 2 saturated carbocycles. The highest BCUT2D eigenvalue weighted by atomic mass is 16.3. The molecule has 4 nitrogen and oxygen atoms in total. The number of amides is 1. The highest BCUT2D eigenvalue weighted by Gasteiger charge is 2.38. The molecule has 1 saturated heterocycles. The van der Waals surface area contributed by atoms with Gasteiger partial charge in [-0.3, -0.25) is 4.79 Å². The van der Waals surface area contributed by atoms with Gasteiger partial charge in [0, 0.05) is 25.2 Å². The molecule has 1 aliphatic heterocycles. The van der Waals surface area contributed by atoms with Crippen LogP contribution in [0.1, 0.15) is 68.1 Å². The predicted molar refractivity (Wildman–Crippen MR) is 93.9 cm³/mol. The lowest BCUT2D eigenvalue weighted by atomic mass is 9.81. The summed E-state index contributed by atoms with van der Waals surface area (Å²) in [5, 5.41) is 4.03. The summed E-state index contributed by atoms with van der Waals surface area (Å²) in [6, 6.07) is 3.09. The van der Waals surface area contributed by atoms with Crippen molar-refractivity contribution in [1.29, 1.82) is 0 Å². The summed E-state index contributed by atoms with van der Waals surface area (Å²) in [6.45, 7) is 1.73. The van der Waals surface area contributed by atoms with Crippen LogP contribution in [-0.2, 0) is 0 Å². The first-order valence-electron chi connectivity index (χ1n) is 9.89. The van der Waals surface area contributed by atoms with Gasteiger partial charge in [-0.1, -0.05) is 19.3 Å². The molecule has 0 radical (unpaired) electrons. The third-order valence-electron chi connectivity index (χ3n) is 6.27. The Morgan fingerprint density at radius 1 is 1.04 bits per heavy atom. The standard InChI is InChI=1S/C20H30N2O2/c23-20(17-10-13-24-14-17)22-11-8-18(9-12-22)21-19(16-6-7-16)15-4-2-1-3-5-15/h10,13-16,18-19,21H,1-9,11-12H2/t19-/m0/s1. The molecule has 4 rings (SSSR count). The van der Waals surface area contributed by atoms with Gasteiger partial charge >= 0.3 is 0 Å². The minimum Gasteiger partial charge on any atom is -0.472 e. The van der Waals surface area contributed by atoms with E-state index >= 15 is 0 Å². The minimum absolute atomic E-state index is 0.119. The Morgan fingerprint density at radius 2 is 1.75 bits per heavy atom. The summed E-state index contributed by atoms with van der Waals surface area (Å²) in [7, 11) is 0. The number of piperidine rings is 1. The van der Waals surface area contributed by atoms with Crippen LogP contribution in [-0.4, -0.2) is 36.0 Å². The number of carbonyl (C=O) groups is 1. The molecule has 2 aliphatic carbocycles. The van der Waals surface area contributed by atoms with Crippen molar-refractivity contribution < 1.29 is 9.21 Å². The van der Waals surface area contributed by atoms with Gasteiger partial charge in [0.25, 0.3) is 5.91 Å². The Kier molecular flexibility index (Phi) is 4.93. The molecule has 0 unspecified atom stereocenters. The van der Waals surface area contributed by atoms with Gasteiger partial charge < -0.3 is 14.6 Å². The van der Waals surface area contributed by atoms with E-state index in [0.29, 0.717) is 11.6 Å². The molecule has 1 amide bonds. The van der Waals surface area contributed by atoms with Crippen molar-refractivity contribution in [3.05, 3.63) is 24.2 Å². The van der Waals surface area contributed by atoms with Crippen LogP contribution in [0.5, 0.6) is 0 Å². The maximum absolute atomic E-state index is 12.4. The molecule has 0 bridgehead atoms. The molecule has 3 fully saturated rings. The summed E-state index contributed by atoms with van der Waals surface area (Å²) in [6.07, 6.45) is 15.3. The highest BCUT2D eigenvalue weighted by Crippen LogP contribution is 2.40. The molecule has 3 aliphatic rings. The average molecular weight is 330 g/mol. The van der Waals surface area contributed by atoms with Gasteiger partial charge in [0.2, 0.25) is 0 Å². The van der Waals surface area contributed by atoms with Crippen molar-refractivity contribution >= 4 is 5.91 Å². The zero-order valence-corrected chi connectivity index (χ0v) is 14.6. The quantitative estimate of drug-likeness (QED) is 0.892. The predicted octanol–water partition coefficient (Wildman–Crippen LogP) is 3.83. The number of carbonyl (C=O) groups excluding carboxylic acids is 1. The van der Waals surface area contributed by atoms with Gasteiger partial charge in [-0.2, -0.15) is 0 Å². The molecule has 24 heavy (non-hydrogen) atoms. The maximum Gasteiger partial charge on any atom is 0.257 e. The van der Waals surface area contributed by atoms with Crippen molar-refractivity contribution in [2.75, 3.05) is 13.1 Å². The lowest BCUT2D eigenvalue weighted by molar-refractivity contribution is 0.0693. The second-order valence-electron chi connectivity index (χ2n) is 8.01. The summed E-state index contributed by atoms with van der Waals surface area (Å²) in [5.74, 6) is 1.95. The van der Waals surface area contributed by atoms with E-state index in [-0.39, 0.29) is 5.91 Å². The van der Waals surface area contributed by atoms with Gasteiger partial charge in [0.15, 0.2) is 0 Å². The van der Waals surface area contributed by atoms with Crippen LogP contribution in [0.15, 0.2) is 23.0 Å². The number of rotatable bonds is 5. The van der Waals surface area contributed by atoms with E-state index in [0.717, 1.165) is 43.8 Å². The van der Waals surface area contributed by atoms with Crippen LogP contribution in [0.2, 0.25) is 0 Å². The third kappa shape index (κ3) is 3.69. The smallest absolute Gasteiger partial charge is 0.257 e. The molecule has 1 aromatic heterocycles. The Bertz CT molecular complexity index is 524. The number of likely N-dealkylation sites (tertiary alicyclic amines) is 1. The average Bonchev–Trinajstić information content (AvgIpc) is 3.33. The monoisotopic (exact) mass is 330 g/mol. The molecule has 132 valence electrons. The van der Waals surface area contributed by atoms with E-state index in [9.17, 15) is 4.79 Å². The normalized spacial score (nSPS) is 24.9. The lowest BCUT2D eigenvalue weighted by Gasteiger charge is -2.38. The molecule has 4 heteroatoms. The van der Waals surface area contributed by atoms with E-state index in [1.54, 1.807) is 18.6 Å². The van der Waals surface area contributed by atoms with Crippen LogP contribution in [0.25, 0.3) is 0 Å². The summed E-state index contributed by atoms with van der Waals surface area (Å²) < 4.78 is 5.04. The van der Waals surface area contributed by atoms with E-state index in [1.165, 1.54) is 44.9 Å². The van der Waals surface area contributed by atoms with Crippen molar-refractivity contribution in [1.82, 2.24) is 10.2 Å². The van der Waals surface area contributed by atoms with Gasteiger partial charge in [-0.25, -0.2) is 0 Å².